The Morgan fingerprint density at radius 2 is 1.88 bits per heavy atom. The second-order valence-corrected chi connectivity index (χ2v) is 5.87. The number of benzene rings is 2. The third kappa shape index (κ3) is 2.97. The fourth-order valence-electron chi connectivity index (χ4n) is 3.01. The molecular formula is C18H18N6O. The Labute approximate surface area is 143 Å². The molecule has 2 heterocycles. The van der Waals surface area contributed by atoms with Gasteiger partial charge in [-0.25, -0.2) is 14.9 Å². The zero-order chi connectivity index (χ0) is 17.2. The highest BCUT2D eigenvalue weighted by molar-refractivity contribution is 5.76. The summed E-state index contributed by atoms with van der Waals surface area (Å²) in [6, 6.07) is 18.0. The lowest BCUT2D eigenvalue weighted by molar-refractivity contribution is 0.549. The number of rotatable bonds is 5. The summed E-state index contributed by atoms with van der Waals surface area (Å²) in [7, 11) is 2.01. The summed E-state index contributed by atoms with van der Waals surface area (Å²) in [4.78, 5) is 18.7. The minimum Gasteiger partial charge on any atom is -0.330 e. The lowest BCUT2D eigenvalue weighted by Crippen LogP contribution is -2.25. The molecule has 4 rings (SSSR count). The van der Waals surface area contributed by atoms with Gasteiger partial charge in [-0.15, -0.1) is 0 Å². The number of aromatic nitrogens is 5. The smallest absolute Gasteiger partial charge is 0.330 e. The molecule has 2 aromatic carbocycles. The number of imidazole rings is 1. The fraction of sp³-hybridized carbons (Fsp3) is 0.167. The van der Waals surface area contributed by atoms with Crippen LogP contribution in [-0.4, -0.2) is 24.7 Å². The normalized spacial score (nSPS) is 12.5. The van der Waals surface area contributed by atoms with E-state index in [0.29, 0.717) is 12.4 Å². The predicted molar refractivity (Wildman–Crippen MR) is 95.0 cm³/mol. The molecule has 126 valence electrons. The largest absolute Gasteiger partial charge is 0.340 e. The quantitative estimate of drug-likeness (QED) is 0.519. The predicted octanol–water partition coefficient (Wildman–Crippen LogP) is 1.86. The zero-order valence-corrected chi connectivity index (χ0v) is 13.7. The van der Waals surface area contributed by atoms with Gasteiger partial charge < -0.3 is 4.57 Å². The van der Waals surface area contributed by atoms with Gasteiger partial charge in [0, 0.05) is 7.05 Å². The van der Waals surface area contributed by atoms with Crippen LogP contribution in [0.1, 0.15) is 23.3 Å². The monoisotopic (exact) mass is 334 g/mol. The molecule has 3 N–H and O–H groups in total. The van der Waals surface area contributed by atoms with Crippen molar-refractivity contribution in [3.8, 4) is 0 Å². The van der Waals surface area contributed by atoms with Gasteiger partial charge in [0.15, 0.2) is 0 Å². The first-order chi connectivity index (χ1) is 12.2. The molecule has 2 aromatic heterocycles. The van der Waals surface area contributed by atoms with Gasteiger partial charge >= 0.3 is 5.69 Å². The molecule has 0 bridgehead atoms. The van der Waals surface area contributed by atoms with Gasteiger partial charge in [-0.2, -0.15) is 5.10 Å². The van der Waals surface area contributed by atoms with E-state index < -0.39 is 0 Å². The van der Waals surface area contributed by atoms with Crippen LogP contribution in [0.15, 0.2) is 59.4 Å². The molecule has 0 aliphatic heterocycles. The number of nitrogens with one attached hydrogen (secondary N) is 3. The molecule has 0 unspecified atom stereocenters. The molecule has 0 saturated heterocycles. The molecule has 0 radical (unpaired) electrons. The van der Waals surface area contributed by atoms with Crippen LogP contribution < -0.4 is 11.0 Å². The van der Waals surface area contributed by atoms with E-state index in [9.17, 15) is 4.79 Å². The van der Waals surface area contributed by atoms with E-state index in [1.807, 2.05) is 43.4 Å². The van der Waals surface area contributed by atoms with E-state index in [1.54, 1.807) is 0 Å². The molecule has 0 aliphatic rings. The number of H-pyrrole nitrogens is 2. The molecule has 0 aliphatic carbocycles. The molecule has 4 aromatic rings. The van der Waals surface area contributed by atoms with E-state index in [-0.39, 0.29) is 11.7 Å². The average Bonchev–Trinajstić information content (AvgIpc) is 3.20. The first-order valence-corrected chi connectivity index (χ1v) is 8.05. The summed E-state index contributed by atoms with van der Waals surface area (Å²) in [5.41, 5.74) is 2.82. The van der Waals surface area contributed by atoms with E-state index in [4.69, 9.17) is 4.98 Å². The second kappa shape index (κ2) is 6.37. The second-order valence-electron chi connectivity index (χ2n) is 5.87. The Bertz CT molecular complexity index is 1050. The highest BCUT2D eigenvalue weighted by Crippen LogP contribution is 2.25. The summed E-state index contributed by atoms with van der Waals surface area (Å²) in [5.74, 6) is 1.47. The van der Waals surface area contributed by atoms with Crippen molar-refractivity contribution in [2.75, 3.05) is 0 Å². The minimum absolute atomic E-state index is 0.126. The van der Waals surface area contributed by atoms with Crippen molar-refractivity contribution >= 4 is 11.0 Å². The SMILES string of the molecule is Cn1c([C@H](NCc2n[nH]c(=O)[nH]2)c2ccccc2)nc2ccccc21. The fourth-order valence-corrected chi connectivity index (χ4v) is 3.01. The number of hydrogen-bond acceptors (Lipinski definition) is 4. The van der Waals surface area contributed by atoms with Crippen LogP contribution in [0.5, 0.6) is 0 Å². The molecule has 0 saturated carbocycles. The molecule has 7 heteroatoms. The Morgan fingerprint density at radius 3 is 2.60 bits per heavy atom. The molecule has 0 amide bonds. The maximum absolute atomic E-state index is 11.2. The van der Waals surface area contributed by atoms with Crippen molar-refractivity contribution < 1.29 is 0 Å². The third-order valence-corrected chi connectivity index (χ3v) is 4.24. The lowest BCUT2D eigenvalue weighted by atomic mass is 10.1. The van der Waals surface area contributed by atoms with Crippen molar-refractivity contribution in [2.45, 2.75) is 12.6 Å². The van der Waals surface area contributed by atoms with Gasteiger partial charge in [-0.05, 0) is 17.7 Å². The zero-order valence-electron chi connectivity index (χ0n) is 13.7. The van der Waals surface area contributed by atoms with Crippen molar-refractivity contribution in [1.29, 1.82) is 0 Å². The van der Waals surface area contributed by atoms with Crippen molar-refractivity contribution in [3.05, 3.63) is 82.3 Å². The maximum Gasteiger partial charge on any atom is 0.340 e. The van der Waals surface area contributed by atoms with Crippen molar-refractivity contribution in [3.63, 3.8) is 0 Å². The van der Waals surface area contributed by atoms with Crippen LogP contribution in [0.4, 0.5) is 0 Å². The molecule has 0 spiro atoms. The Hall–Kier alpha value is -3.19. The van der Waals surface area contributed by atoms with Gasteiger partial charge in [-0.3, -0.25) is 10.3 Å². The number of fused-ring (bicyclic) bond motifs is 1. The molecular weight excluding hydrogens is 316 g/mol. The highest BCUT2D eigenvalue weighted by Gasteiger charge is 2.20. The van der Waals surface area contributed by atoms with Gasteiger partial charge in [0.05, 0.1) is 23.6 Å². The van der Waals surface area contributed by atoms with Crippen LogP contribution in [0, 0.1) is 0 Å². The van der Waals surface area contributed by atoms with Crippen LogP contribution >= 0.6 is 0 Å². The summed E-state index contributed by atoms with van der Waals surface area (Å²) < 4.78 is 2.09. The molecule has 25 heavy (non-hydrogen) atoms. The molecule has 0 fully saturated rings. The minimum atomic E-state index is -0.309. The Kier molecular flexibility index (Phi) is 3.91. The highest BCUT2D eigenvalue weighted by atomic mass is 16.1. The Morgan fingerprint density at radius 1 is 1.12 bits per heavy atom. The standard InChI is InChI=1S/C18H18N6O/c1-24-14-10-6-5-9-13(14)20-17(24)16(12-7-3-2-4-8-12)19-11-15-21-18(25)23-22-15/h2-10,16,19H,11H2,1H3,(H2,21,22,23,25)/t16-/m1/s1. The lowest BCUT2D eigenvalue weighted by Gasteiger charge is -2.18. The van der Waals surface area contributed by atoms with E-state index in [0.717, 1.165) is 22.4 Å². The number of aryl methyl sites for hydroxylation is 1. The maximum atomic E-state index is 11.2. The third-order valence-electron chi connectivity index (χ3n) is 4.24. The summed E-state index contributed by atoms with van der Waals surface area (Å²) in [5, 5.41) is 9.79. The Balaban J connectivity index is 1.73. The first kappa shape index (κ1) is 15.3. The van der Waals surface area contributed by atoms with Crippen LogP contribution in [-0.2, 0) is 13.6 Å². The summed E-state index contributed by atoms with van der Waals surface area (Å²) >= 11 is 0. The van der Waals surface area contributed by atoms with Crippen molar-refractivity contribution in [1.82, 2.24) is 30.0 Å². The number of hydrogen-bond donors (Lipinski definition) is 3. The number of nitrogens with zero attached hydrogens (tertiary/aromatic N) is 3. The van der Waals surface area contributed by atoms with Gasteiger partial charge in [0.2, 0.25) is 0 Å². The van der Waals surface area contributed by atoms with Gasteiger partial charge in [0.1, 0.15) is 11.6 Å². The number of aromatic amines is 2. The van der Waals surface area contributed by atoms with Gasteiger partial charge in [-0.1, -0.05) is 42.5 Å². The van der Waals surface area contributed by atoms with Gasteiger partial charge in [0.25, 0.3) is 0 Å². The van der Waals surface area contributed by atoms with E-state index in [2.05, 4.69) is 43.3 Å². The summed E-state index contributed by atoms with van der Waals surface area (Å²) in [6.07, 6.45) is 0. The van der Waals surface area contributed by atoms with E-state index in [1.165, 1.54) is 0 Å². The summed E-state index contributed by atoms with van der Waals surface area (Å²) in [6.45, 7) is 0.418. The van der Waals surface area contributed by atoms with Crippen LogP contribution in [0.2, 0.25) is 0 Å². The first-order valence-electron chi connectivity index (χ1n) is 8.05. The topological polar surface area (TPSA) is 91.4 Å². The van der Waals surface area contributed by atoms with Crippen molar-refractivity contribution in [2.24, 2.45) is 7.05 Å². The van der Waals surface area contributed by atoms with E-state index >= 15 is 0 Å². The number of para-hydroxylation sites is 2. The molecule has 1 atom stereocenters. The average molecular weight is 334 g/mol. The molecule has 7 nitrogen and oxygen atoms in total. The van der Waals surface area contributed by atoms with Crippen LogP contribution in [0.3, 0.4) is 0 Å². The van der Waals surface area contributed by atoms with Crippen LogP contribution in [0.25, 0.3) is 11.0 Å².